The van der Waals surface area contributed by atoms with Crippen molar-refractivity contribution >= 4 is 11.6 Å². The summed E-state index contributed by atoms with van der Waals surface area (Å²) in [6.07, 6.45) is 9.50. The number of anilines is 2. The van der Waals surface area contributed by atoms with Gasteiger partial charge in [0.2, 0.25) is 5.95 Å². The van der Waals surface area contributed by atoms with E-state index in [1.54, 1.807) is 0 Å². The predicted molar refractivity (Wildman–Crippen MR) is 150 cm³/mol. The first-order chi connectivity index (χ1) is 18.0. The van der Waals surface area contributed by atoms with Crippen molar-refractivity contribution in [1.82, 2.24) is 14.9 Å². The summed E-state index contributed by atoms with van der Waals surface area (Å²) in [4.78, 5) is 17.4. The SMILES string of the molecule is Cc1ccc(C2(c3ccc(N4CCc5cnc(N6CCC7(CCN(C)C7)C6)nc5C4)cc3)CCC2)cc1. The van der Waals surface area contributed by atoms with E-state index in [0.29, 0.717) is 5.41 Å². The zero-order valence-electron chi connectivity index (χ0n) is 22.4. The smallest absolute Gasteiger partial charge is 0.225 e. The molecule has 1 aromatic heterocycles. The highest BCUT2D eigenvalue weighted by molar-refractivity contribution is 5.53. The van der Waals surface area contributed by atoms with Gasteiger partial charge >= 0.3 is 0 Å². The van der Waals surface area contributed by atoms with Crippen molar-refractivity contribution in [3.8, 4) is 0 Å². The van der Waals surface area contributed by atoms with E-state index in [1.165, 1.54) is 78.8 Å². The van der Waals surface area contributed by atoms with Gasteiger partial charge in [-0.05, 0) is 81.4 Å². The Morgan fingerprint density at radius 1 is 0.784 bits per heavy atom. The lowest BCUT2D eigenvalue weighted by molar-refractivity contribution is 0.301. The highest BCUT2D eigenvalue weighted by Crippen LogP contribution is 2.49. The molecule has 2 aromatic carbocycles. The first kappa shape index (κ1) is 23.2. The van der Waals surface area contributed by atoms with Crippen molar-refractivity contribution in [2.45, 2.75) is 57.4 Å². The summed E-state index contributed by atoms with van der Waals surface area (Å²) in [6.45, 7) is 8.69. The fourth-order valence-electron chi connectivity index (χ4n) is 7.40. The van der Waals surface area contributed by atoms with Crippen LogP contribution >= 0.6 is 0 Å². The molecule has 1 spiro atoms. The molecule has 2 saturated heterocycles. The molecule has 192 valence electrons. The zero-order valence-corrected chi connectivity index (χ0v) is 22.4. The van der Waals surface area contributed by atoms with Crippen LogP contribution in [0.2, 0.25) is 0 Å². The highest BCUT2D eigenvalue weighted by Gasteiger charge is 2.43. The van der Waals surface area contributed by atoms with Crippen LogP contribution in [0.25, 0.3) is 0 Å². The molecule has 3 aromatic rings. The van der Waals surface area contributed by atoms with E-state index < -0.39 is 0 Å². The van der Waals surface area contributed by atoms with Gasteiger partial charge in [-0.2, -0.15) is 0 Å². The molecule has 1 unspecified atom stereocenters. The van der Waals surface area contributed by atoms with E-state index in [-0.39, 0.29) is 5.41 Å². The Labute approximate surface area is 221 Å². The topological polar surface area (TPSA) is 35.5 Å². The molecule has 37 heavy (non-hydrogen) atoms. The minimum absolute atomic E-state index is 0.198. The molecule has 1 atom stereocenters. The van der Waals surface area contributed by atoms with Crippen molar-refractivity contribution in [2.75, 3.05) is 49.6 Å². The van der Waals surface area contributed by atoms with Gasteiger partial charge in [0, 0.05) is 48.9 Å². The average molecular weight is 494 g/mol. The maximum Gasteiger partial charge on any atom is 0.225 e. The lowest BCUT2D eigenvalue weighted by atomic mass is 9.60. The average Bonchev–Trinajstić information content (AvgIpc) is 3.49. The Hall–Kier alpha value is -2.92. The van der Waals surface area contributed by atoms with Crippen LogP contribution in [-0.4, -0.2) is 54.6 Å². The second-order valence-corrected chi connectivity index (χ2v) is 12.3. The van der Waals surface area contributed by atoms with Crippen molar-refractivity contribution < 1.29 is 0 Å². The van der Waals surface area contributed by atoms with Gasteiger partial charge in [-0.1, -0.05) is 48.4 Å². The van der Waals surface area contributed by atoms with E-state index in [9.17, 15) is 0 Å². The van der Waals surface area contributed by atoms with E-state index in [1.807, 2.05) is 0 Å². The molecule has 5 nitrogen and oxygen atoms in total. The lowest BCUT2D eigenvalue weighted by Gasteiger charge is -2.43. The van der Waals surface area contributed by atoms with Gasteiger partial charge < -0.3 is 14.7 Å². The van der Waals surface area contributed by atoms with Crippen molar-refractivity contribution in [1.29, 1.82) is 0 Å². The summed E-state index contributed by atoms with van der Waals surface area (Å²) in [6, 6.07) is 18.7. The fourth-order valence-corrected chi connectivity index (χ4v) is 7.40. The maximum absolute atomic E-state index is 5.13. The Morgan fingerprint density at radius 2 is 1.51 bits per heavy atom. The minimum atomic E-state index is 0.198. The first-order valence-corrected chi connectivity index (χ1v) is 14.2. The van der Waals surface area contributed by atoms with E-state index in [2.05, 4.69) is 83.4 Å². The summed E-state index contributed by atoms with van der Waals surface area (Å²) in [7, 11) is 2.25. The Bertz CT molecular complexity index is 1280. The number of hydrogen-bond donors (Lipinski definition) is 0. The Kier molecular flexibility index (Phi) is 5.54. The zero-order chi connectivity index (χ0) is 25.0. The second-order valence-electron chi connectivity index (χ2n) is 12.3. The van der Waals surface area contributed by atoms with Crippen molar-refractivity contribution in [2.24, 2.45) is 5.41 Å². The molecule has 3 aliphatic heterocycles. The molecule has 0 radical (unpaired) electrons. The maximum atomic E-state index is 5.13. The number of nitrogens with zero attached hydrogens (tertiary/aromatic N) is 5. The van der Waals surface area contributed by atoms with Crippen LogP contribution in [0.5, 0.6) is 0 Å². The molecule has 4 aliphatic rings. The molecule has 0 amide bonds. The van der Waals surface area contributed by atoms with Gasteiger partial charge in [-0.25, -0.2) is 9.97 Å². The van der Waals surface area contributed by atoms with E-state index in [0.717, 1.165) is 38.5 Å². The van der Waals surface area contributed by atoms with Gasteiger partial charge in [0.1, 0.15) is 0 Å². The van der Waals surface area contributed by atoms with Gasteiger partial charge in [-0.15, -0.1) is 0 Å². The van der Waals surface area contributed by atoms with Crippen LogP contribution in [0.4, 0.5) is 11.6 Å². The van der Waals surface area contributed by atoms with Gasteiger partial charge in [-0.3, -0.25) is 0 Å². The van der Waals surface area contributed by atoms with E-state index in [4.69, 9.17) is 9.97 Å². The molecular formula is C32H39N5. The quantitative estimate of drug-likeness (QED) is 0.490. The minimum Gasteiger partial charge on any atom is -0.365 e. The molecule has 4 heterocycles. The number of aryl methyl sites for hydroxylation is 1. The van der Waals surface area contributed by atoms with Gasteiger partial charge in [0.25, 0.3) is 0 Å². The number of benzene rings is 2. The van der Waals surface area contributed by atoms with Gasteiger partial charge in [0.05, 0.1) is 12.2 Å². The molecule has 3 fully saturated rings. The largest absolute Gasteiger partial charge is 0.365 e. The summed E-state index contributed by atoms with van der Waals surface area (Å²) in [5.41, 5.74) is 8.75. The highest BCUT2D eigenvalue weighted by atomic mass is 15.3. The summed E-state index contributed by atoms with van der Waals surface area (Å²) >= 11 is 0. The number of hydrogen-bond acceptors (Lipinski definition) is 5. The van der Waals surface area contributed by atoms with Crippen LogP contribution < -0.4 is 9.80 Å². The Balaban J connectivity index is 1.08. The van der Waals surface area contributed by atoms with Crippen LogP contribution in [0.1, 0.15) is 60.1 Å². The van der Waals surface area contributed by atoms with Crippen LogP contribution in [0, 0.1) is 12.3 Å². The summed E-state index contributed by atoms with van der Waals surface area (Å²) in [5.74, 6) is 0.937. The predicted octanol–water partition coefficient (Wildman–Crippen LogP) is 5.35. The van der Waals surface area contributed by atoms with Crippen LogP contribution in [0.3, 0.4) is 0 Å². The monoisotopic (exact) mass is 493 g/mol. The molecule has 0 N–H and O–H groups in total. The number of fused-ring (bicyclic) bond motifs is 1. The molecule has 1 saturated carbocycles. The molecular weight excluding hydrogens is 454 g/mol. The van der Waals surface area contributed by atoms with E-state index >= 15 is 0 Å². The normalized spacial score (nSPS) is 24.9. The second kappa shape index (κ2) is 8.83. The Morgan fingerprint density at radius 3 is 2.19 bits per heavy atom. The fraction of sp³-hybridized carbons (Fsp3) is 0.500. The van der Waals surface area contributed by atoms with Crippen LogP contribution in [0.15, 0.2) is 54.7 Å². The molecule has 5 heteroatoms. The van der Waals surface area contributed by atoms with Crippen molar-refractivity contribution in [3.05, 3.63) is 82.7 Å². The number of rotatable bonds is 4. The van der Waals surface area contributed by atoms with Crippen molar-refractivity contribution in [3.63, 3.8) is 0 Å². The standard InChI is InChI=1S/C32H39N5/c1-24-4-6-26(7-5-24)32(13-3-14-32)27-8-10-28(11-9-27)36-17-12-25-20-33-30(34-29(25)21-36)37-19-16-31(23-37)15-18-35(2)22-31/h4-11,20H,3,12-19,21-23H2,1-2H3. The van der Waals surface area contributed by atoms with Crippen LogP contribution in [-0.2, 0) is 18.4 Å². The molecule has 1 aliphatic carbocycles. The third kappa shape index (κ3) is 4.03. The lowest BCUT2D eigenvalue weighted by Crippen LogP contribution is -2.35. The third-order valence-corrected chi connectivity index (χ3v) is 9.88. The molecule has 0 bridgehead atoms. The molecule has 7 rings (SSSR count). The summed E-state index contributed by atoms with van der Waals surface area (Å²) < 4.78 is 0. The number of likely N-dealkylation sites (tertiary alicyclic amines) is 1. The summed E-state index contributed by atoms with van der Waals surface area (Å²) in [5, 5.41) is 0. The third-order valence-electron chi connectivity index (χ3n) is 9.88. The number of aromatic nitrogens is 2. The van der Waals surface area contributed by atoms with Gasteiger partial charge in [0.15, 0.2) is 0 Å². The first-order valence-electron chi connectivity index (χ1n) is 14.2.